The van der Waals surface area contributed by atoms with Crippen LogP contribution in [0.1, 0.15) is 32.6 Å². The van der Waals surface area contributed by atoms with Gasteiger partial charge in [0.05, 0.1) is 5.52 Å². The van der Waals surface area contributed by atoms with Crippen molar-refractivity contribution in [2.45, 2.75) is 32.6 Å². The number of fused-ring (bicyclic) bond motifs is 1. The number of hydrogen-bond acceptors (Lipinski definition) is 4. The number of benzene rings is 1. The van der Waals surface area contributed by atoms with Crippen LogP contribution in [0.15, 0.2) is 35.1 Å². The summed E-state index contributed by atoms with van der Waals surface area (Å²) < 4.78 is 13.6. The Labute approximate surface area is 143 Å². The average Bonchev–Trinajstić information content (AvgIpc) is 3.00. The summed E-state index contributed by atoms with van der Waals surface area (Å²) in [7, 11) is 0. The van der Waals surface area contributed by atoms with Gasteiger partial charge < -0.3 is 5.32 Å². The van der Waals surface area contributed by atoms with Crippen molar-refractivity contribution in [3.8, 4) is 10.4 Å². The molecule has 0 bridgehead atoms. The van der Waals surface area contributed by atoms with Crippen molar-refractivity contribution < 1.29 is 4.39 Å². The average molecular weight is 345 g/mol. The van der Waals surface area contributed by atoms with Crippen molar-refractivity contribution in [3.63, 3.8) is 0 Å². The van der Waals surface area contributed by atoms with Crippen molar-refractivity contribution in [2.24, 2.45) is 0 Å². The number of hydrogen-bond donors (Lipinski definition) is 2. The van der Waals surface area contributed by atoms with Gasteiger partial charge in [-0.25, -0.2) is 9.37 Å². The molecule has 0 aliphatic heterocycles. The van der Waals surface area contributed by atoms with Gasteiger partial charge in [-0.15, -0.1) is 11.3 Å². The number of nitrogens with zero attached hydrogens (tertiary/aromatic N) is 1. The molecule has 0 saturated heterocycles. The largest absolute Gasteiger partial charge is 0.356 e. The van der Waals surface area contributed by atoms with Gasteiger partial charge >= 0.3 is 0 Å². The van der Waals surface area contributed by atoms with Crippen molar-refractivity contribution >= 4 is 27.5 Å². The molecule has 1 aromatic carbocycles. The smallest absolute Gasteiger partial charge is 0.270 e. The van der Waals surface area contributed by atoms with E-state index in [9.17, 15) is 9.18 Å². The second-order valence-corrected chi connectivity index (χ2v) is 6.79. The molecule has 6 heteroatoms. The lowest BCUT2D eigenvalue weighted by Gasteiger charge is -2.04. The van der Waals surface area contributed by atoms with Crippen molar-refractivity contribution in [3.05, 3.63) is 46.5 Å². The molecule has 0 atom stereocenters. The van der Waals surface area contributed by atoms with Gasteiger partial charge in [0.1, 0.15) is 10.5 Å². The zero-order valence-electron chi connectivity index (χ0n) is 13.6. The molecule has 0 radical (unpaired) electrons. The first-order valence-electron chi connectivity index (χ1n) is 8.21. The third-order valence-corrected chi connectivity index (χ3v) is 5.01. The highest BCUT2D eigenvalue weighted by molar-refractivity contribution is 7.22. The van der Waals surface area contributed by atoms with E-state index in [1.807, 2.05) is 6.07 Å². The quantitative estimate of drug-likeness (QED) is 0.606. The predicted octanol–water partition coefficient (Wildman–Crippen LogP) is 4.78. The van der Waals surface area contributed by atoms with Gasteiger partial charge in [-0.3, -0.25) is 9.78 Å². The van der Waals surface area contributed by atoms with Crippen LogP contribution in [0, 0.1) is 5.82 Å². The van der Waals surface area contributed by atoms with Crippen LogP contribution in [0.25, 0.3) is 20.7 Å². The third-order valence-electron chi connectivity index (χ3n) is 3.83. The second-order valence-electron chi connectivity index (χ2n) is 5.73. The van der Waals surface area contributed by atoms with Crippen molar-refractivity contribution in [1.82, 2.24) is 9.97 Å². The number of aromatic amines is 1. The van der Waals surface area contributed by atoms with Crippen molar-refractivity contribution in [2.75, 3.05) is 11.9 Å². The maximum atomic E-state index is 13.0. The van der Waals surface area contributed by atoms with Gasteiger partial charge in [0.2, 0.25) is 5.95 Å². The standard InChI is InChI=1S/C18H20FN3OS/c1-2-3-4-5-10-20-18-21-14-11-15(24-16(14)17(23)22-18)12-6-8-13(19)9-7-12/h6-9,11H,2-5,10H2,1H3,(H2,20,21,22,23). The van der Waals surface area contributed by atoms with Crippen LogP contribution in [0.2, 0.25) is 0 Å². The van der Waals surface area contributed by atoms with Crippen LogP contribution >= 0.6 is 11.3 Å². The van der Waals surface area contributed by atoms with Crippen LogP contribution in [0.3, 0.4) is 0 Å². The molecule has 0 amide bonds. The van der Waals surface area contributed by atoms with Gasteiger partial charge in [-0.05, 0) is 30.2 Å². The fourth-order valence-corrected chi connectivity index (χ4v) is 3.54. The van der Waals surface area contributed by atoms with Crippen LogP contribution in [0.5, 0.6) is 0 Å². The molecule has 24 heavy (non-hydrogen) atoms. The Balaban J connectivity index is 1.80. The van der Waals surface area contributed by atoms with Crippen LogP contribution in [-0.2, 0) is 0 Å². The highest BCUT2D eigenvalue weighted by Crippen LogP contribution is 2.31. The molecular formula is C18H20FN3OS. The number of unbranched alkanes of at least 4 members (excludes halogenated alkanes) is 3. The van der Waals surface area contributed by atoms with Crippen LogP contribution < -0.4 is 10.9 Å². The summed E-state index contributed by atoms with van der Waals surface area (Å²) in [4.78, 5) is 20.4. The summed E-state index contributed by atoms with van der Waals surface area (Å²) >= 11 is 1.37. The summed E-state index contributed by atoms with van der Waals surface area (Å²) in [6.07, 6.45) is 4.64. The normalized spacial score (nSPS) is 11.1. The monoisotopic (exact) mass is 345 g/mol. The summed E-state index contributed by atoms with van der Waals surface area (Å²) in [5.74, 6) is 0.234. The number of nitrogens with one attached hydrogen (secondary N) is 2. The number of anilines is 1. The number of aromatic nitrogens is 2. The summed E-state index contributed by atoms with van der Waals surface area (Å²) in [6.45, 7) is 2.97. The molecule has 2 aromatic heterocycles. The Morgan fingerprint density at radius 3 is 2.75 bits per heavy atom. The second kappa shape index (κ2) is 7.57. The van der Waals surface area contributed by atoms with E-state index >= 15 is 0 Å². The molecule has 0 fully saturated rings. The highest BCUT2D eigenvalue weighted by atomic mass is 32.1. The van der Waals surface area contributed by atoms with Crippen molar-refractivity contribution in [1.29, 1.82) is 0 Å². The molecule has 0 saturated carbocycles. The lowest BCUT2D eigenvalue weighted by Crippen LogP contribution is -2.12. The van der Waals surface area contributed by atoms with Gasteiger partial charge in [-0.2, -0.15) is 0 Å². The summed E-state index contributed by atoms with van der Waals surface area (Å²) in [5.41, 5.74) is 1.40. The molecule has 4 nitrogen and oxygen atoms in total. The Morgan fingerprint density at radius 1 is 1.21 bits per heavy atom. The minimum atomic E-state index is -0.273. The topological polar surface area (TPSA) is 57.8 Å². The fourth-order valence-electron chi connectivity index (χ4n) is 2.54. The maximum absolute atomic E-state index is 13.0. The Hall–Kier alpha value is -2.21. The molecule has 0 spiro atoms. The van der Waals surface area contributed by atoms with E-state index in [0.717, 1.165) is 23.4 Å². The van der Waals surface area contributed by atoms with E-state index in [2.05, 4.69) is 22.2 Å². The van der Waals surface area contributed by atoms with Gasteiger partial charge in [0, 0.05) is 11.4 Å². The lowest BCUT2D eigenvalue weighted by atomic mass is 10.2. The zero-order valence-corrected chi connectivity index (χ0v) is 14.4. The van der Waals surface area contributed by atoms with Gasteiger partial charge in [0.15, 0.2) is 0 Å². The maximum Gasteiger partial charge on any atom is 0.270 e. The number of thiophene rings is 1. The molecule has 2 heterocycles. The van der Waals surface area contributed by atoms with E-state index in [1.54, 1.807) is 12.1 Å². The van der Waals surface area contributed by atoms with E-state index in [4.69, 9.17) is 0 Å². The fraction of sp³-hybridized carbons (Fsp3) is 0.333. The minimum Gasteiger partial charge on any atom is -0.356 e. The van der Waals surface area contributed by atoms with Crippen LogP contribution in [-0.4, -0.2) is 16.5 Å². The summed E-state index contributed by atoms with van der Waals surface area (Å²) in [6, 6.07) is 8.13. The molecular weight excluding hydrogens is 325 g/mol. The highest BCUT2D eigenvalue weighted by Gasteiger charge is 2.10. The number of H-pyrrole nitrogens is 1. The predicted molar refractivity (Wildman–Crippen MR) is 98.3 cm³/mol. The molecule has 3 aromatic rings. The first-order valence-corrected chi connectivity index (χ1v) is 9.02. The molecule has 0 aliphatic rings. The lowest BCUT2D eigenvalue weighted by molar-refractivity contribution is 0.628. The van der Waals surface area contributed by atoms with Crippen LogP contribution in [0.4, 0.5) is 10.3 Å². The molecule has 0 aliphatic carbocycles. The van der Waals surface area contributed by atoms with E-state index in [1.165, 1.54) is 42.7 Å². The van der Waals surface area contributed by atoms with E-state index in [0.29, 0.717) is 16.2 Å². The molecule has 3 rings (SSSR count). The molecule has 126 valence electrons. The molecule has 0 unspecified atom stereocenters. The van der Waals surface area contributed by atoms with Gasteiger partial charge in [0.25, 0.3) is 5.56 Å². The Kier molecular flexibility index (Phi) is 5.25. The van der Waals surface area contributed by atoms with E-state index < -0.39 is 0 Å². The number of rotatable bonds is 7. The SMILES string of the molecule is CCCCCCNc1nc2cc(-c3ccc(F)cc3)sc2c(=O)[nH]1. The first-order chi connectivity index (χ1) is 11.7. The first kappa shape index (κ1) is 16.6. The Morgan fingerprint density at radius 2 is 2.00 bits per heavy atom. The van der Waals surface area contributed by atoms with E-state index in [-0.39, 0.29) is 11.4 Å². The number of halogens is 1. The zero-order chi connectivity index (χ0) is 16.9. The minimum absolute atomic E-state index is 0.144. The molecule has 2 N–H and O–H groups in total. The third kappa shape index (κ3) is 3.82. The Bertz CT molecular complexity index is 870. The van der Waals surface area contributed by atoms with Gasteiger partial charge in [-0.1, -0.05) is 38.3 Å². The summed E-state index contributed by atoms with van der Waals surface area (Å²) in [5, 5.41) is 3.18.